The summed E-state index contributed by atoms with van der Waals surface area (Å²) in [7, 11) is 0. The first-order valence-electron chi connectivity index (χ1n) is 5.96. The van der Waals surface area contributed by atoms with Crippen LogP contribution in [0.3, 0.4) is 0 Å². The number of nitrogen functional groups attached to an aromatic ring is 1. The summed E-state index contributed by atoms with van der Waals surface area (Å²) >= 11 is 5.88. The molecule has 0 fully saturated rings. The number of carbonyl (C=O) groups is 1. The SMILES string of the molecule is CC(C)(C)C[C@H](CC(=O)O)c1ccc(Cl)c(N)c1. The highest BCUT2D eigenvalue weighted by molar-refractivity contribution is 6.33. The third-order valence-electron chi connectivity index (χ3n) is 2.77. The Morgan fingerprint density at radius 3 is 2.50 bits per heavy atom. The summed E-state index contributed by atoms with van der Waals surface area (Å²) in [5, 5.41) is 9.51. The van der Waals surface area contributed by atoms with Gasteiger partial charge in [-0.1, -0.05) is 38.4 Å². The fourth-order valence-electron chi connectivity index (χ4n) is 2.07. The van der Waals surface area contributed by atoms with Crippen LogP contribution in [0.4, 0.5) is 5.69 Å². The van der Waals surface area contributed by atoms with Gasteiger partial charge in [0.1, 0.15) is 0 Å². The molecule has 0 aromatic heterocycles. The Morgan fingerprint density at radius 2 is 2.06 bits per heavy atom. The molecule has 0 radical (unpaired) electrons. The number of hydrogen-bond donors (Lipinski definition) is 2. The molecule has 3 N–H and O–H groups in total. The molecule has 0 aliphatic carbocycles. The van der Waals surface area contributed by atoms with Crippen molar-refractivity contribution in [2.75, 3.05) is 5.73 Å². The number of nitrogens with two attached hydrogens (primary N) is 1. The third-order valence-corrected chi connectivity index (χ3v) is 3.12. The van der Waals surface area contributed by atoms with E-state index in [0.29, 0.717) is 10.7 Å². The maximum Gasteiger partial charge on any atom is 0.303 e. The second-order valence-electron chi connectivity index (χ2n) is 5.84. The molecular weight excluding hydrogens is 250 g/mol. The second-order valence-corrected chi connectivity index (χ2v) is 6.25. The number of halogens is 1. The number of aliphatic carboxylic acids is 1. The van der Waals surface area contributed by atoms with Gasteiger partial charge < -0.3 is 10.8 Å². The molecule has 4 heteroatoms. The maximum atomic E-state index is 11.0. The van der Waals surface area contributed by atoms with Crippen molar-refractivity contribution < 1.29 is 9.90 Å². The number of carboxylic acids is 1. The van der Waals surface area contributed by atoms with Crippen LogP contribution in [0, 0.1) is 5.41 Å². The van der Waals surface area contributed by atoms with Gasteiger partial charge in [0, 0.05) is 0 Å². The van der Waals surface area contributed by atoms with Crippen LogP contribution in [0.15, 0.2) is 18.2 Å². The van der Waals surface area contributed by atoms with Crippen LogP contribution in [-0.2, 0) is 4.79 Å². The van der Waals surface area contributed by atoms with Crippen LogP contribution in [0.5, 0.6) is 0 Å². The Morgan fingerprint density at radius 1 is 1.44 bits per heavy atom. The summed E-state index contributed by atoms with van der Waals surface area (Å²) in [6.45, 7) is 6.30. The van der Waals surface area contributed by atoms with Gasteiger partial charge in [-0.15, -0.1) is 0 Å². The highest BCUT2D eigenvalue weighted by atomic mass is 35.5. The normalized spacial score (nSPS) is 13.3. The lowest BCUT2D eigenvalue weighted by molar-refractivity contribution is -0.137. The minimum absolute atomic E-state index is 0.0398. The number of carboxylic acid groups (broad SMARTS) is 1. The van der Waals surface area contributed by atoms with Crippen molar-refractivity contribution in [2.24, 2.45) is 5.41 Å². The summed E-state index contributed by atoms with van der Waals surface area (Å²) in [4.78, 5) is 11.0. The number of rotatable bonds is 4. The molecular formula is C14H20ClNO2. The van der Waals surface area contributed by atoms with Gasteiger partial charge in [-0.05, 0) is 35.4 Å². The fourth-order valence-corrected chi connectivity index (χ4v) is 2.19. The summed E-state index contributed by atoms with van der Waals surface area (Å²) in [5.74, 6) is -0.833. The first-order chi connectivity index (χ1) is 8.19. The van der Waals surface area contributed by atoms with E-state index < -0.39 is 5.97 Å². The molecule has 0 unspecified atom stereocenters. The van der Waals surface area contributed by atoms with Crippen LogP contribution in [-0.4, -0.2) is 11.1 Å². The van der Waals surface area contributed by atoms with E-state index in [4.69, 9.17) is 22.4 Å². The van der Waals surface area contributed by atoms with Crippen molar-refractivity contribution in [3.63, 3.8) is 0 Å². The highest BCUT2D eigenvalue weighted by Gasteiger charge is 2.23. The molecule has 0 saturated carbocycles. The van der Waals surface area contributed by atoms with Crippen LogP contribution in [0.25, 0.3) is 0 Å². The van der Waals surface area contributed by atoms with E-state index in [2.05, 4.69) is 20.8 Å². The Labute approximate surface area is 113 Å². The molecule has 1 aromatic rings. The molecule has 1 rings (SSSR count). The van der Waals surface area contributed by atoms with Crippen molar-refractivity contribution in [1.82, 2.24) is 0 Å². The fraction of sp³-hybridized carbons (Fsp3) is 0.500. The molecule has 0 spiro atoms. The van der Waals surface area contributed by atoms with Gasteiger partial charge in [0.05, 0.1) is 17.1 Å². The van der Waals surface area contributed by atoms with Crippen LogP contribution in [0.1, 0.15) is 45.1 Å². The lowest BCUT2D eigenvalue weighted by atomic mass is 9.80. The topological polar surface area (TPSA) is 63.3 Å². The second kappa shape index (κ2) is 5.61. The quantitative estimate of drug-likeness (QED) is 0.815. The van der Waals surface area contributed by atoms with Gasteiger partial charge in [0.2, 0.25) is 0 Å². The summed E-state index contributed by atoms with van der Waals surface area (Å²) < 4.78 is 0. The van der Waals surface area contributed by atoms with E-state index in [1.807, 2.05) is 6.07 Å². The van der Waals surface area contributed by atoms with Gasteiger partial charge in [-0.25, -0.2) is 0 Å². The van der Waals surface area contributed by atoms with E-state index in [1.54, 1.807) is 12.1 Å². The summed E-state index contributed by atoms with van der Waals surface area (Å²) in [5.41, 5.74) is 7.28. The minimum atomic E-state index is -0.794. The Bertz CT molecular complexity index is 438. The Hall–Kier alpha value is -1.22. The van der Waals surface area contributed by atoms with E-state index in [0.717, 1.165) is 12.0 Å². The zero-order valence-electron chi connectivity index (χ0n) is 11.0. The predicted octanol–water partition coefficient (Wildman–Crippen LogP) is 3.92. The van der Waals surface area contributed by atoms with E-state index in [9.17, 15) is 4.79 Å². The summed E-state index contributed by atoms with van der Waals surface area (Å²) in [6.07, 6.45) is 0.902. The molecule has 0 heterocycles. The molecule has 1 aromatic carbocycles. The monoisotopic (exact) mass is 269 g/mol. The molecule has 18 heavy (non-hydrogen) atoms. The van der Waals surface area contributed by atoms with Gasteiger partial charge in [-0.3, -0.25) is 4.79 Å². The van der Waals surface area contributed by atoms with Crippen LogP contribution >= 0.6 is 11.6 Å². The largest absolute Gasteiger partial charge is 0.481 e. The van der Waals surface area contributed by atoms with Crippen molar-refractivity contribution in [1.29, 1.82) is 0 Å². The molecule has 0 bridgehead atoms. The highest BCUT2D eigenvalue weighted by Crippen LogP contribution is 2.35. The zero-order chi connectivity index (χ0) is 13.9. The predicted molar refractivity (Wildman–Crippen MR) is 74.9 cm³/mol. The third kappa shape index (κ3) is 4.57. The summed E-state index contributed by atoms with van der Waals surface area (Å²) in [6, 6.07) is 5.36. The number of anilines is 1. The first kappa shape index (κ1) is 14.8. The average molecular weight is 270 g/mol. The van der Waals surface area contributed by atoms with Crippen LogP contribution in [0.2, 0.25) is 5.02 Å². The average Bonchev–Trinajstić information content (AvgIpc) is 2.18. The van der Waals surface area contributed by atoms with Gasteiger partial charge in [-0.2, -0.15) is 0 Å². The minimum Gasteiger partial charge on any atom is -0.481 e. The molecule has 0 aliphatic heterocycles. The molecule has 100 valence electrons. The Kier molecular flexibility index (Phi) is 4.63. The van der Waals surface area contributed by atoms with Gasteiger partial charge in [0.25, 0.3) is 0 Å². The lowest BCUT2D eigenvalue weighted by Gasteiger charge is -2.25. The molecule has 0 amide bonds. The van der Waals surface area contributed by atoms with Gasteiger partial charge in [0.15, 0.2) is 0 Å². The zero-order valence-corrected chi connectivity index (χ0v) is 11.8. The standard InChI is InChI=1S/C14H20ClNO2/c1-14(2,3)8-10(7-13(17)18)9-4-5-11(15)12(16)6-9/h4-6,10H,7-8,16H2,1-3H3,(H,17,18)/t10-/m0/s1. The van der Waals surface area contributed by atoms with Gasteiger partial charge >= 0.3 is 5.97 Å². The van der Waals surface area contributed by atoms with Crippen molar-refractivity contribution >= 4 is 23.3 Å². The maximum absolute atomic E-state index is 11.0. The molecule has 1 atom stereocenters. The number of hydrogen-bond acceptors (Lipinski definition) is 2. The van der Waals surface area contributed by atoms with E-state index in [1.165, 1.54) is 0 Å². The van der Waals surface area contributed by atoms with E-state index in [-0.39, 0.29) is 17.8 Å². The lowest BCUT2D eigenvalue weighted by Crippen LogP contribution is -2.15. The van der Waals surface area contributed by atoms with E-state index >= 15 is 0 Å². The Balaban J connectivity index is 3.01. The first-order valence-corrected chi connectivity index (χ1v) is 6.33. The van der Waals surface area contributed by atoms with Crippen LogP contribution < -0.4 is 5.73 Å². The van der Waals surface area contributed by atoms with Crippen molar-refractivity contribution in [2.45, 2.75) is 39.5 Å². The number of benzene rings is 1. The van der Waals surface area contributed by atoms with Crippen molar-refractivity contribution in [3.8, 4) is 0 Å². The molecule has 0 aliphatic rings. The van der Waals surface area contributed by atoms with Crippen molar-refractivity contribution in [3.05, 3.63) is 28.8 Å². The molecule has 0 saturated heterocycles. The smallest absolute Gasteiger partial charge is 0.303 e. The molecule has 3 nitrogen and oxygen atoms in total.